The maximum Gasteiger partial charge on any atom is 0.368 e. The molecule has 0 unspecified atom stereocenters. The Balaban J connectivity index is 1.60. The van der Waals surface area contributed by atoms with E-state index in [0.717, 1.165) is 15.8 Å². The number of aromatic nitrogens is 5. The van der Waals surface area contributed by atoms with Gasteiger partial charge >= 0.3 is 5.69 Å². The van der Waals surface area contributed by atoms with Crippen LogP contribution >= 0.6 is 11.3 Å². The Labute approximate surface area is 175 Å². The van der Waals surface area contributed by atoms with E-state index in [2.05, 4.69) is 15.4 Å². The van der Waals surface area contributed by atoms with Crippen molar-refractivity contribution in [3.8, 4) is 27.9 Å². The molecule has 2 aromatic carbocycles. The van der Waals surface area contributed by atoms with Gasteiger partial charge < -0.3 is 9.47 Å². The van der Waals surface area contributed by atoms with Gasteiger partial charge in [0.1, 0.15) is 18.2 Å². The molecular formula is C20H18FN5O3S. The predicted octanol–water partition coefficient (Wildman–Crippen LogP) is 3.12. The van der Waals surface area contributed by atoms with E-state index in [4.69, 9.17) is 9.47 Å². The first-order valence-electron chi connectivity index (χ1n) is 8.98. The molecule has 4 aromatic rings. The van der Waals surface area contributed by atoms with E-state index in [1.807, 2.05) is 24.4 Å². The van der Waals surface area contributed by atoms with E-state index < -0.39 is 0 Å². The Morgan fingerprint density at radius 1 is 1.20 bits per heavy atom. The number of tetrazole rings is 1. The van der Waals surface area contributed by atoms with Gasteiger partial charge in [0.2, 0.25) is 0 Å². The summed E-state index contributed by atoms with van der Waals surface area (Å²) in [4.78, 5) is 16.7. The van der Waals surface area contributed by atoms with E-state index >= 15 is 0 Å². The first kappa shape index (κ1) is 19.8. The van der Waals surface area contributed by atoms with Gasteiger partial charge in [0.05, 0.1) is 18.5 Å². The molecule has 4 rings (SSSR count). The highest BCUT2D eigenvalue weighted by atomic mass is 32.1. The van der Waals surface area contributed by atoms with Crippen LogP contribution in [0.4, 0.5) is 4.39 Å². The molecule has 0 fully saturated rings. The summed E-state index contributed by atoms with van der Waals surface area (Å²) >= 11 is 1.32. The van der Waals surface area contributed by atoms with Gasteiger partial charge in [-0.1, -0.05) is 23.5 Å². The fourth-order valence-corrected chi connectivity index (χ4v) is 3.67. The minimum absolute atomic E-state index is 0.193. The molecule has 0 bridgehead atoms. The number of halogens is 1. The zero-order chi connectivity index (χ0) is 21.3. The summed E-state index contributed by atoms with van der Waals surface area (Å²) in [6.45, 7) is 2.12. The van der Waals surface area contributed by atoms with Gasteiger partial charge in [0.15, 0.2) is 0 Å². The number of hydrogen-bond donors (Lipinski definition) is 0. The lowest BCUT2D eigenvalue weighted by Crippen LogP contribution is -2.23. The highest BCUT2D eigenvalue weighted by Crippen LogP contribution is 2.34. The molecule has 0 saturated heterocycles. The maximum absolute atomic E-state index is 13.5. The van der Waals surface area contributed by atoms with Crippen molar-refractivity contribution in [2.75, 3.05) is 7.11 Å². The normalized spacial score (nSPS) is 10.9. The minimum Gasteiger partial charge on any atom is -0.496 e. The minimum atomic E-state index is -0.381. The quantitative estimate of drug-likeness (QED) is 0.470. The Morgan fingerprint density at radius 2 is 2.03 bits per heavy atom. The number of aryl methyl sites for hydroxylation is 2. The predicted molar refractivity (Wildman–Crippen MR) is 110 cm³/mol. The van der Waals surface area contributed by atoms with Gasteiger partial charge in [-0.2, -0.15) is 9.36 Å². The van der Waals surface area contributed by atoms with Crippen LogP contribution in [0.25, 0.3) is 16.9 Å². The standard InChI is InChI=1S/C20H18FN5O3S/c1-12-5-4-6-17(26-20(27)25(2)23-24-26)15(12)10-29-19-22-16(11-30-19)14-8-7-13(21)9-18(14)28-3/h4-9,11H,10H2,1-3H3. The average Bonchev–Trinajstić information content (AvgIpc) is 3.34. The number of hydrogen-bond acceptors (Lipinski definition) is 7. The molecule has 0 aliphatic heterocycles. The monoisotopic (exact) mass is 427 g/mol. The zero-order valence-corrected chi connectivity index (χ0v) is 17.3. The van der Waals surface area contributed by atoms with Crippen molar-refractivity contribution in [3.05, 3.63) is 69.2 Å². The van der Waals surface area contributed by atoms with Crippen LogP contribution in [0.5, 0.6) is 10.9 Å². The van der Waals surface area contributed by atoms with Crippen LogP contribution in [-0.2, 0) is 13.7 Å². The first-order valence-corrected chi connectivity index (χ1v) is 9.86. The second kappa shape index (κ2) is 8.07. The van der Waals surface area contributed by atoms with Gasteiger partial charge in [0, 0.05) is 29.6 Å². The number of thiazole rings is 1. The Morgan fingerprint density at radius 3 is 2.77 bits per heavy atom. The molecule has 8 nitrogen and oxygen atoms in total. The third-order valence-electron chi connectivity index (χ3n) is 4.60. The van der Waals surface area contributed by atoms with Crippen LogP contribution in [0.2, 0.25) is 0 Å². The van der Waals surface area contributed by atoms with Crippen LogP contribution in [0.3, 0.4) is 0 Å². The summed E-state index contributed by atoms with van der Waals surface area (Å²) in [6, 6.07) is 9.85. The van der Waals surface area contributed by atoms with Crippen LogP contribution in [-0.4, -0.2) is 31.9 Å². The highest BCUT2D eigenvalue weighted by Gasteiger charge is 2.15. The molecule has 0 aliphatic carbocycles. The number of methoxy groups -OCH3 is 1. The summed E-state index contributed by atoms with van der Waals surface area (Å²) in [5.41, 5.74) is 3.31. The summed E-state index contributed by atoms with van der Waals surface area (Å²) in [7, 11) is 3.02. The summed E-state index contributed by atoms with van der Waals surface area (Å²) in [6.07, 6.45) is 0. The fraction of sp³-hybridized carbons (Fsp3) is 0.200. The second-order valence-electron chi connectivity index (χ2n) is 6.50. The van der Waals surface area contributed by atoms with E-state index in [0.29, 0.717) is 27.9 Å². The fourth-order valence-electron chi connectivity index (χ4n) is 3.00. The lowest BCUT2D eigenvalue weighted by atomic mass is 10.1. The van der Waals surface area contributed by atoms with Crippen molar-refractivity contribution >= 4 is 11.3 Å². The van der Waals surface area contributed by atoms with Crippen molar-refractivity contribution in [3.63, 3.8) is 0 Å². The highest BCUT2D eigenvalue weighted by molar-refractivity contribution is 7.11. The van der Waals surface area contributed by atoms with Crippen molar-refractivity contribution in [1.82, 2.24) is 24.8 Å². The van der Waals surface area contributed by atoms with Gasteiger partial charge in [-0.15, -0.1) is 0 Å². The van der Waals surface area contributed by atoms with Crippen LogP contribution in [0.1, 0.15) is 11.1 Å². The topological polar surface area (TPSA) is 84.1 Å². The summed E-state index contributed by atoms with van der Waals surface area (Å²) in [5.74, 6) is 0.0173. The van der Waals surface area contributed by atoms with E-state index in [1.54, 1.807) is 19.2 Å². The van der Waals surface area contributed by atoms with Gasteiger partial charge in [0.25, 0.3) is 5.19 Å². The lowest BCUT2D eigenvalue weighted by Gasteiger charge is -2.11. The number of benzene rings is 2. The molecule has 0 radical (unpaired) electrons. The molecule has 0 aliphatic rings. The Bertz CT molecular complexity index is 1260. The van der Waals surface area contributed by atoms with Crippen LogP contribution in [0, 0.1) is 12.7 Å². The molecule has 2 aromatic heterocycles. The number of nitrogens with zero attached hydrogens (tertiary/aromatic N) is 5. The van der Waals surface area contributed by atoms with Crippen molar-refractivity contribution in [1.29, 1.82) is 0 Å². The van der Waals surface area contributed by atoms with Crippen LogP contribution in [0.15, 0.2) is 46.6 Å². The lowest BCUT2D eigenvalue weighted by molar-refractivity contribution is 0.303. The smallest absolute Gasteiger partial charge is 0.368 e. The molecule has 0 amide bonds. The number of rotatable bonds is 6. The molecule has 30 heavy (non-hydrogen) atoms. The molecule has 0 spiro atoms. The van der Waals surface area contributed by atoms with Gasteiger partial charge in [-0.05, 0) is 41.1 Å². The SMILES string of the molecule is COc1cc(F)ccc1-c1csc(OCc2c(C)cccc2-n2nnn(C)c2=O)n1. The molecular weight excluding hydrogens is 409 g/mol. The van der Waals surface area contributed by atoms with Crippen molar-refractivity contribution in [2.24, 2.45) is 7.05 Å². The number of ether oxygens (including phenoxy) is 2. The molecule has 0 N–H and O–H groups in total. The van der Waals surface area contributed by atoms with E-state index in [-0.39, 0.29) is 18.1 Å². The Kier molecular flexibility index (Phi) is 5.32. The van der Waals surface area contributed by atoms with Gasteiger partial charge in [-0.25, -0.2) is 14.2 Å². The van der Waals surface area contributed by atoms with Gasteiger partial charge in [-0.3, -0.25) is 0 Å². The summed E-state index contributed by atoms with van der Waals surface area (Å²) < 4.78 is 27.0. The Hall–Kier alpha value is -3.53. The molecule has 0 saturated carbocycles. The van der Waals surface area contributed by atoms with E-state index in [9.17, 15) is 9.18 Å². The largest absolute Gasteiger partial charge is 0.496 e. The van der Waals surface area contributed by atoms with E-state index in [1.165, 1.54) is 35.3 Å². The second-order valence-corrected chi connectivity index (χ2v) is 7.32. The van der Waals surface area contributed by atoms with Crippen LogP contribution < -0.4 is 15.2 Å². The van der Waals surface area contributed by atoms with Crippen molar-refractivity contribution < 1.29 is 13.9 Å². The molecule has 10 heteroatoms. The van der Waals surface area contributed by atoms with Crippen molar-refractivity contribution in [2.45, 2.75) is 13.5 Å². The first-order chi connectivity index (χ1) is 14.5. The third kappa shape index (κ3) is 3.69. The maximum atomic E-state index is 13.5. The molecule has 2 heterocycles. The average molecular weight is 427 g/mol. The zero-order valence-electron chi connectivity index (χ0n) is 16.5. The molecule has 0 atom stereocenters. The molecule has 154 valence electrons. The summed E-state index contributed by atoms with van der Waals surface area (Å²) in [5, 5.41) is 9.94. The third-order valence-corrected chi connectivity index (χ3v) is 5.35.